The fourth-order valence-electron chi connectivity index (χ4n) is 1.12. The third-order valence-electron chi connectivity index (χ3n) is 1.80. The van der Waals surface area contributed by atoms with E-state index in [-0.39, 0.29) is 0 Å². The van der Waals surface area contributed by atoms with Crippen molar-refractivity contribution < 1.29 is 4.42 Å². The summed E-state index contributed by atoms with van der Waals surface area (Å²) in [6, 6.07) is 0. The zero-order chi connectivity index (χ0) is 9.26. The van der Waals surface area contributed by atoms with Gasteiger partial charge >= 0.3 is 0 Å². The van der Waals surface area contributed by atoms with Crippen molar-refractivity contribution in [1.82, 2.24) is 14.5 Å². The molecule has 2 N–H and O–H groups in total. The summed E-state index contributed by atoms with van der Waals surface area (Å²) in [5.41, 5.74) is 6.27. The molecule has 0 fully saturated rings. The van der Waals surface area contributed by atoms with Crippen LogP contribution in [0.25, 0.3) is 11.5 Å². The smallest absolute Gasteiger partial charge is 0.208 e. The normalized spacial score (nSPS) is 10.6. The number of hydrogen-bond acceptors (Lipinski definition) is 4. The first-order valence-corrected chi connectivity index (χ1v) is 3.92. The largest absolute Gasteiger partial charge is 0.438 e. The van der Waals surface area contributed by atoms with E-state index in [0.29, 0.717) is 18.2 Å². The van der Waals surface area contributed by atoms with Crippen LogP contribution in [0.5, 0.6) is 0 Å². The lowest BCUT2D eigenvalue weighted by molar-refractivity contribution is 0.506. The lowest BCUT2D eigenvalue weighted by atomic mass is 10.4. The highest BCUT2D eigenvalue weighted by Gasteiger charge is 2.07. The lowest BCUT2D eigenvalue weighted by Gasteiger charge is -1.95. The third-order valence-corrected chi connectivity index (χ3v) is 1.80. The van der Waals surface area contributed by atoms with Gasteiger partial charge in [-0.05, 0) is 0 Å². The molecule has 0 aromatic carbocycles. The number of imidazole rings is 1. The standard InChI is InChI=1S/C8H10N4O/c1-12-5-10-3-6(12)7-4-11-8(2-9)13-7/h3-5H,2,9H2,1H3. The summed E-state index contributed by atoms with van der Waals surface area (Å²) in [6.07, 6.45) is 5.08. The number of rotatable bonds is 2. The Bertz CT molecular complexity index is 404. The fraction of sp³-hybridized carbons (Fsp3) is 0.250. The molecule has 0 saturated carbocycles. The van der Waals surface area contributed by atoms with Crippen LogP contribution >= 0.6 is 0 Å². The molecule has 0 amide bonds. The van der Waals surface area contributed by atoms with Gasteiger partial charge in [-0.25, -0.2) is 9.97 Å². The van der Waals surface area contributed by atoms with Crippen molar-refractivity contribution in [2.24, 2.45) is 12.8 Å². The van der Waals surface area contributed by atoms with Gasteiger partial charge in [0.2, 0.25) is 5.89 Å². The highest BCUT2D eigenvalue weighted by Crippen LogP contribution is 2.18. The van der Waals surface area contributed by atoms with Crippen molar-refractivity contribution >= 4 is 0 Å². The van der Waals surface area contributed by atoms with Crippen LogP contribution in [-0.2, 0) is 13.6 Å². The molecule has 13 heavy (non-hydrogen) atoms. The molecular weight excluding hydrogens is 168 g/mol. The molecule has 5 nitrogen and oxygen atoms in total. The maximum atomic E-state index is 5.38. The van der Waals surface area contributed by atoms with Crippen molar-refractivity contribution in [1.29, 1.82) is 0 Å². The lowest BCUT2D eigenvalue weighted by Crippen LogP contribution is -1.95. The van der Waals surface area contributed by atoms with Gasteiger partial charge in [0.1, 0.15) is 5.69 Å². The summed E-state index contributed by atoms with van der Waals surface area (Å²) >= 11 is 0. The summed E-state index contributed by atoms with van der Waals surface area (Å²) in [4.78, 5) is 7.98. The van der Waals surface area contributed by atoms with E-state index in [2.05, 4.69) is 9.97 Å². The molecule has 0 radical (unpaired) electrons. The number of nitrogens with two attached hydrogens (primary N) is 1. The second-order valence-corrected chi connectivity index (χ2v) is 2.71. The van der Waals surface area contributed by atoms with Crippen LogP contribution in [0.1, 0.15) is 5.89 Å². The van der Waals surface area contributed by atoms with Crippen molar-refractivity contribution in [2.45, 2.75) is 6.54 Å². The highest BCUT2D eigenvalue weighted by molar-refractivity contribution is 5.49. The number of aryl methyl sites for hydroxylation is 1. The summed E-state index contributed by atoms with van der Waals surface area (Å²) in [6.45, 7) is 0.317. The van der Waals surface area contributed by atoms with Crippen LogP contribution in [-0.4, -0.2) is 14.5 Å². The van der Waals surface area contributed by atoms with Gasteiger partial charge in [0, 0.05) is 7.05 Å². The number of hydrogen-bond donors (Lipinski definition) is 1. The van der Waals surface area contributed by atoms with Crippen molar-refractivity contribution in [3.8, 4) is 11.5 Å². The maximum Gasteiger partial charge on any atom is 0.208 e. The summed E-state index contributed by atoms with van der Waals surface area (Å²) in [5, 5.41) is 0. The predicted octanol–water partition coefficient (Wildman–Crippen LogP) is 0.534. The van der Waals surface area contributed by atoms with Gasteiger partial charge in [-0.3, -0.25) is 0 Å². The SMILES string of the molecule is Cn1cncc1-c1cnc(CN)o1. The van der Waals surface area contributed by atoms with Gasteiger partial charge in [-0.15, -0.1) is 0 Å². The minimum atomic E-state index is 0.317. The van der Waals surface area contributed by atoms with Gasteiger partial charge in [0.15, 0.2) is 5.76 Å². The molecule has 5 heteroatoms. The summed E-state index contributed by atoms with van der Waals surface area (Å²) in [7, 11) is 1.90. The van der Waals surface area contributed by atoms with E-state index in [0.717, 1.165) is 5.69 Å². The minimum Gasteiger partial charge on any atom is -0.438 e. The Morgan fingerprint density at radius 1 is 1.54 bits per heavy atom. The Morgan fingerprint density at radius 2 is 2.38 bits per heavy atom. The molecule has 2 aromatic heterocycles. The minimum absolute atomic E-state index is 0.317. The molecule has 0 saturated heterocycles. The summed E-state index contributed by atoms with van der Waals surface area (Å²) in [5.74, 6) is 1.23. The first-order valence-electron chi connectivity index (χ1n) is 3.92. The molecule has 0 aliphatic carbocycles. The Morgan fingerprint density at radius 3 is 2.92 bits per heavy atom. The van der Waals surface area contributed by atoms with E-state index in [9.17, 15) is 0 Å². The van der Waals surface area contributed by atoms with Gasteiger partial charge in [-0.1, -0.05) is 0 Å². The molecule has 2 aromatic rings. The third kappa shape index (κ3) is 1.33. The Balaban J connectivity index is 2.41. The van der Waals surface area contributed by atoms with Crippen LogP contribution in [0.3, 0.4) is 0 Å². The van der Waals surface area contributed by atoms with Crippen molar-refractivity contribution in [3.63, 3.8) is 0 Å². The highest BCUT2D eigenvalue weighted by atomic mass is 16.4. The molecule has 0 aliphatic heterocycles. The molecule has 0 unspecified atom stereocenters. The maximum absolute atomic E-state index is 5.38. The van der Waals surface area contributed by atoms with Crippen LogP contribution in [0, 0.1) is 0 Å². The van der Waals surface area contributed by atoms with Crippen molar-refractivity contribution in [2.75, 3.05) is 0 Å². The van der Waals surface area contributed by atoms with E-state index in [4.69, 9.17) is 10.2 Å². The van der Waals surface area contributed by atoms with E-state index in [1.165, 1.54) is 0 Å². The first-order chi connectivity index (χ1) is 6.31. The molecule has 0 bridgehead atoms. The van der Waals surface area contributed by atoms with Gasteiger partial charge in [-0.2, -0.15) is 0 Å². The molecule has 2 rings (SSSR count). The number of nitrogens with zero attached hydrogens (tertiary/aromatic N) is 3. The molecular formula is C8H10N4O. The second-order valence-electron chi connectivity index (χ2n) is 2.71. The predicted molar refractivity (Wildman–Crippen MR) is 46.6 cm³/mol. The quantitative estimate of drug-likeness (QED) is 0.728. The Hall–Kier alpha value is -1.62. The average Bonchev–Trinajstić information content (AvgIpc) is 2.71. The topological polar surface area (TPSA) is 69.9 Å². The van der Waals surface area contributed by atoms with E-state index in [1.807, 2.05) is 11.6 Å². The number of oxazole rings is 1. The van der Waals surface area contributed by atoms with Crippen LogP contribution in [0.4, 0.5) is 0 Å². The van der Waals surface area contributed by atoms with E-state index >= 15 is 0 Å². The van der Waals surface area contributed by atoms with Crippen LogP contribution < -0.4 is 5.73 Å². The molecule has 0 spiro atoms. The Kier molecular flexibility index (Phi) is 1.86. The average molecular weight is 178 g/mol. The van der Waals surface area contributed by atoms with Crippen LogP contribution in [0.15, 0.2) is 23.1 Å². The summed E-state index contributed by atoms with van der Waals surface area (Å²) < 4.78 is 7.22. The zero-order valence-corrected chi connectivity index (χ0v) is 7.27. The Labute approximate surface area is 75.2 Å². The van der Waals surface area contributed by atoms with Crippen LogP contribution in [0.2, 0.25) is 0 Å². The zero-order valence-electron chi connectivity index (χ0n) is 7.27. The van der Waals surface area contributed by atoms with Gasteiger partial charge < -0.3 is 14.7 Å². The van der Waals surface area contributed by atoms with Gasteiger partial charge in [0.05, 0.1) is 25.3 Å². The monoisotopic (exact) mass is 178 g/mol. The van der Waals surface area contributed by atoms with E-state index in [1.54, 1.807) is 18.7 Å². The fourth-order valence-corrected chi connectivity index (χ4v) is 1.12. The van der Waals surface area contributed by atoms with Gasteiger partial charge in [0.25, 0.3) is 0 Å². The van der Waals surface area contributed by atoms with E-state index < -0.39 is 0 Å². The second kappa shape index (κ2) is 3.02. The number of aromatic nitrogens is 3. The molecule has 2 heterocycles. The molecule has 0 atom stereocenters. The van der Waals surface area contributed by atoms with Crippen molar-refractivity contribution in [3.05, 3.63) is 24.6 Å². The molecule has 68 valence electrons. The first kappa shape index (κ1) is 8.00. The molecule has 0 aliphatic rings.